The lowest BCUT2D eigenvalue weighted by molar-refractivity contribution is -0.130. The summed E-state index contributed by atoms with van der Waals surface area (Å²) >= 11 is 0. The highest BCUT2D eigenvalue weighted by Crippen LogP contribution is 2.22. The Morgan fingerprint density at radius 1 is 1.00 bits per heavy atom. The van der Waals surface area contributed by atoms with E-state index in [0.29, 0.717) is 25.8 Å². The minimum Gasteiger partial charge on any atom is -0.461 e. The second-order valence-electron chi connectivity index (χ2n) is 6.32. The number of hydrogen-bond acceptors (Lipinski definition) is 3. The van der Waals surface area contributed by atoms with Gasteiger partial charge in [0.15, 0.2) is 0 Å². The Morgan fingerprint density at radius 2 is 1.76 bits per heavy atom. The third-order valence-electron chi connectivity index (χ3n) is 4.44. The van der Waals surface area contributed by atoms with Crippen molar-refractivity contribution in [3.05, 3.63) is 48.2 Å². The van der Waals surface area contributed by atoms with Crippen molar-refractivity contribution < 1.29 is 14.0 Å². The highest BCUT2D eigenvalue weighted by molar-refractivity contribution is 5.79. The Kier molecular flexibility index (Phi) is 5.88. The molecule has 5 nitrogen and oxygen atoms in total. The standard InChI is InChI=1S/C20H24N2O3/c23-19(21-13-12-20(24)22-14-4-5-15-22)11-9-17-8-10-18(25-17)16-6-2-1-3-7-16/h1-3,6-8,10H,4-5,9,11-15H2,(H,21,23). The summed E-state index contributed by atoms with van der Waals surface area (Å²) in [5.41, 5.74) is 1.03. The van der Waals surface area contributed by atoms with Crippen molar-refractivity contribution >= 4 is 11.8 Å². The first-order chi connectivity index (χ1) is 12.2. The topological polar surface area (TPSA) is 62.6 Å². The molecule has 25 heavy (non-hydrogen) atoms. The normalized spacial score (nSPS) is 13.8. The molecule has 1 saturated heterocycles. The molecule has 0 unspecified atom stereocenters. The fraction of sp³-hybridized carbons (Fsp3) is 0.400. The van der Waals surface area contributed by atoms with Gasteiger partial charge < -0.3 is 14.6 Å². The molecule has 0 aliphatic carbocycles. The van der Waals surface area contributed by atoms with Crippen LogP contribution in [-0.4, -0.2) is 36.3 Å². The predicted octanol–water partition coefficient (Wildman–Crippen LogP) is 3.01. The zero-order valence-electron chi connectivity index (χ0n) is 14.4. The lowest BCUT2D eigenvalue weighted by Gasteiger charge is -2.15. The Labute approximate surface area is 148 Å². The maximum absolute atomic E-state index is 11.9. The number of nitrogens with one attached hydrogen (secondary N) is 1. The van der Waals surface area contributed by atoms with Crippen molar-refractivity contribution in [2.75, 3.05) is 19.6 Å². The number of likely N-dealkylation sites (tertiary alicyclic amines) is 1. The van der Waals surface area contributed by atoms with Crippen molar-refractivity contribution in [2.24, 2.45) is 0 Å². The van der Waals surface area contributed by atoms with Gasteiger partial charge in [-0.1, -0.05) is 30.3 Å². The van der Waals surface area contributed by atoms with Crippen LogP contribution < -0.4 is 5.32 Å². The van der Waals surface area contributed by atoms with Crippen LogP contribution in [0, 0.1) is 0 Å². The van der Waals surface area contributed by atoms with Gasteiger partial charge in [-0.25, -0.2) is 0 Å². The third kappa shape index (κ3) is 4.95. The van der Waals surface area contributed by atoms with Crippen LogP contribution in [0.2, 0.25) is 0 Å². The first-order valence-corrected chi connectivity index (χ1v) is 8.91. The first kappa shape index (κ1) is 17.3. The molecule has 1 N–H and O–H groups in total. The molecule has 1 aliphatic heterocycles. The molecule has 2 amide bonds. The van der Waals surface area contributed by atoms with Gasteiger partial charge in [-0.2, -0.15) is 0 Å². The quantitative estimate of drug-likeness (QED) is 0.843. The van der Waals surface area contributed by atoms with Gasteiger partial charge in [0.1, 0.15) is 11.5 Å². The van der Waals surface area contributed by atoms with Crippen LogP contribution in [0.4, 0.5) is 0 Å². The Morgan fingerprint density at radius 3 is 2.52 bits per heavy atom. The molecule has 5 heteroatoms. The Bertz CT molecular complexity index is 703. The summed E-state index contributed by atoms with van der Waals surface area (Å²) in [6, 6.07) is 13.7. The molecule has 2 heterocycles. The monoisotopic (exact) mass is 340 g/mol. The second kappa shape index (κ2) is 8.51. The lowest BCUT2D eigenvalue weighted by Crippen LogP contribution is -2.32. The van der Waals surface area contributed by atoms with Crippen LogP contribution in [0.3, 0.4) is 0 Å². The molecule has 0 radical (unpaired) electrons. The van der Waals surface area contributed by atoms with Gasteiger partial charge in [0.05, 0.1) is 0 Å². The van der Waals surface area contributed by atoms with Crippen molar-refractivity contribution in [1.82, 2.24) is 10.2 Å². The highest BCUT2D eigenvalue weighted by Gasteiger charge is 2.17. The number of nitrogens with zero attached hydrogens (tertiary/aromatic N) is 1. The smallest absolute Gasteiger partial charge is 0.224 e. The van der Waals surface area contributed by atoms with Crippen LogP contribution in [-0.2, 0) is 16.0 Å². The molecule has 0 saturated carbocycles. The number of carbonyl (C=O) groups excluding carboxylic acids is 2. The van der Waals surface area contributed by atoms with Gasteiger partial charge in [0.25, 0.3) is 0 Å². The molecule has 132 valence electrons. The van der Waals surface area contributed by atoms with E-state index < -0.39 is 0 Å². The average molecular weight is 340 g/mol. The summed E-state index contributed by atoms with van der Waals surface area (Å²) in [5, 5.41) is 2.82. The van der Waals surface area contributed by atoms with E-state index in [4.69, 9.17) is 4.42 Å². The van der Waals surface area contributed by atoms with E-state index in [1.807, 2.05) is 47.4 Å². The number of rotatable bonds is 7. The molecule has 1 aromatic carbocycles. The van der Waals surface area contributed by atoms with Crippen LogP contribution in [0.5, 0.6) is 0 Å². The summed E-state index contributed by atoms with van der Waals surface area (Å²) in [6.45, 7) is 2.12. The summed E-state index contributed by atoms with van der Waals surface area (Å²) in [4.78, 5) is 25.7. The van der Waals surface area contributed by atoms with Gasteiger partial charge in [0.2, 0.25) is 11.8 Å². The van der Waals surface area contributed by atoms with Crippen LogP contribution in [0.25, 0.3) is 11.3 Å². The minimum atomic E-state index is -0.0492. The summed E-state index contributed by atoms with van der Waals surface area (Å²) < 4.78 is 5.79. The van der Waals surface area contributed by atoms with Gasteiger partial charge in [-0.3, -0.25) is 9.59 Å². The zero-order valence-corrected chi connectivity index (χ0v) is 14.4. The van der Waals surface area contributed by atoms with E-state index in [2.05, 4.69) is 5.32 Å². The number of aryl methyl sites for hydroxylation is 1. The molecule has 0 atom stereocenters. The summed E-state index contributed by atoms with van der Waals surface area (Å²) in [5.74, 6) is 1.69. The molecule has 1 aliphatic rings. The molecule has 2 aromatic rings. The molecular formula is C20H24N2O3. The van der Waals surface area contributed by atoms with Gasteiger partial charge in [0, 0.05) is 44.5 Å². The van der Waals surface area contributed by atoms with Crippen LogP contribution >= 0.6 is 0 Å². The van der Waals surface area contributed by atoms with E-state index in [1.165, 1.54) is 0 Å². The number of benzene rings is 1. The summed E-state index contributed by atoms with van der Waals surface area (Å²) in [6.07, 6.45) is 3.47. The Hall–Kier alpha value is -2.56. The van der Waals surface area contributed by atoms with E-state index in [1.54, 1.807) is 0 Å². The maximum Gasteiger partial charge on any atom is 0.224 e. The first-order valence-electron chi connectivity index (χ1n) is 8.91. The van der Waals surface area contributed by atoms with Gasteiger partial charge in [-0.05, 0) is 25.0 Å². The second-order valence-corrected chi connectivity index (χ2v) is 6.32. The highest BCUT2D eigenvalue weighted by atomic mass is 16.3. The maximum atomic E-state index is 11.9. The number of furan rings is 1. The number of amides is 2. The van der Waals surface area contributed by atoms with Crippen molar-refractivity contribution in [3.63, 3.8) is 0 Å². The van der Waals surface area contributed by atoms with E-state index in [-0.39, 0.29) is 11.8 Å². The third-order valence-corrected chi connectivity index (χ3v) is 4.44. The average Bonchev–Trinajstić information content (AvgIpc) is 3.32. The minimum absolute atomic E-state index is 0.0492. The molecule has 0 bridgehead atoms. The molecule has 1 aromatic heterocycles. The number of carbonyl (C=O) groups is 2. The van der Waals surface area contributed by atoms with Crippen molar-refractivity contribution in [1.29, 1.82) is 0 Å². The molecule has 3 rings (SSSR count). The zero-order chi connectivity index (χ0) is 17.5. The van der Waals surface area contributed by atoms with Crippen molar-refractivity contribution in [3.8, 4) is 11.3 Å². The lowest BCUT2D eigenvalue weighted by atomic mass is 10.2. The SMILES string of the molecule is O=C(CCc1ccc(-c2ccccc2)o1)NCCC(=O)N1CCCC1. The van der Waals surface area contributed by atoms with E-state index >= 15 is 0 Å². The summed E-state index contributed by atoms with van der Waals surface area (Å²) in [7, 11) is 0. The number of hydrogen-bond donors (Lipinski definition) is 1. The predicted molar refractivity (Wildman–Crippen MR) is 95.9 cm³/mol. The largest absolute Gasteiger partial charge is 0.461 e. The molecule has 1 fully saturated rings. The van der Waals surface area contributed by atoms with E-state index in [0.717, 1.165) is 43.0 Å². The fourth-order valence-electron chi connectivity index (χ4n) is 3.03. The van der Waals surface area contributed by atoms with Gasteiger partial charge >= 0.3 is 0 Å². The van der Waals surface area contributed by atoms with E-state index in [9.17, 15) is 9.59 Å². The fourth-order valence-corrected chi connectivity index (χ4v) is 3.03. The molecular weight excluding hydrogens is 316 g/mol. The van der Waals surface area contributed by atoms with Crippen LogP contribution in [0.1, 0.15) is 31.4 Å². The Balaban J connectivity index is 1.37. The van der Waals surface area contributed by atoms with Gasteiger partial charge in [-0.15, -0.1) is 0 Å². The van der Waals surface area contributed by atoms with Crippen molar-refractivity contribution in [2.45, 2.75) is 32.1 Å². The molecule has 0 spiro atoms. The van der Waals surface area contributed by atoms with Crippen LogP contribution in [0.15, 0.2) is 46.9 Å².